The smallest absolute Gasteiger partial charge is 0.323 e. The lowest BCUT2D eigenvalue weighted by Crippen LogP contribution is -2.51. The van der Waals surface area contributed by atoms with E-state index in [-0.39, 0.29) is 5.92 Å². The maximum absolute atomic E-state index is 11.1. The van der Waals surface area contributed by atoms with E-state index < -0.39 is 11.5 Å². The molecule has 0 spiro atoms. The van der Waals surface area contributed by atoms with Crippen molar-refractivity contribution >= 4 is 5.97 Å². The van der Waals surface area contributed by atoms with Crippen molar-refractivity contribution in [3.05, 3.63) is 0 Å². The van der Waals surface area contributed by atoms with E-state index in [4.69, 9.17) is 15.6 Å². The van der Waals surface area contributed by atoms with Crippen LogP contribution < -0.4 is 5.73 Å². The molecule has 0 aliphatic heterocycles. The fourth-order valence-electron chi connectivity index (χ4n) is 2.43. The number of carbonyl (C=O) groups is 1. The standard InChI is InChI=1S/C13H25NO3/c1-10(2)5-8-17-9-6-11-4-3-7-13(11,14)12(15)16/h10-11H,3-9,14H2,1-2H3,(H,15,16). The van der Waals surface area contributed by atoms with Crippen LogP contribution in [0.5, 0.6) is 0 Å². The highest BCUT2D eigenvalue weighted by molar-refractivity contribution is 5.79. The highest BCUT2D eigenvalue weighted by Crippen LogP contribution is 2.36. The molecule has 3 N–H and O–H groups in total. The van der Waals surface area contributed by atoms with Crippen molar-refractivity contribution < 1.29 is 14.6 Å². The van der Waals surface area contributed by atoms with Crippen molar-refractivity contribution in [3.63, 3.8) is 0 Å². The minimum Gasteiger partial charge on any atom is -0.480 e. The van der Waals surface area contributed by atoms with Gasteiger partial charge in [0.15, 0.2) is 0 Å². The van der Waals surface area contributed by atoms with Crippen molar-refractivity contribution in [2.24, 2.45) is 17.6 Å². The molecule has 2 atom stereocenters. The third kappa shape index (κ3) is 3.96. The zero-order valence-corrected chi connectivity index (χ0v) is 10.9. The number of hydrogen-bond acceptors (Lipinski definition) is 3. The Labute approximate surface area is 104 Å². The van der Waals surface area contributed by atoms with Crippen molar-refractivity contribution in [2.75, 3.05) is 13.2 Å². The highest BCUT2D eigenvalue weighted by Gasteiger charge is 2.45. The van der Waals surface area contributed by atoms with Crippen LogP contribution in [-0.2, 0) is 9.53 Å². The van der Waals surface area contributed by atoms with Gasteiger partial charge in [-0.15, -0.1) is 0 Å². The van der Waals surface area contributed by atoms with Crippen LogP contribution in [0.25, 0.3) is 0 Å². The number of carboxylic acids is 1. The van der Waals surface area contributed by atoms with E-state index >= 15 is 0 Å². The highest BCUT2D eigenvalue weighted by atomic mass is 16.5. The van der Waals surface area contributed by atoms with E-state index in [1.165, 1.54) is 0 Å². The predicted molar refractivity (Wildman–Crippen MR) is 66.8 cm³/mol. The molecular weight excluding hydrogens is 218 g/mol. The second-order valence-electron chi connectivity index (χ2n) is 5.52. The van der Waals surface area contributed by atoms with Crippen LogP contribution in [0.4, 0.5) is 0 Å². The van der Waals surface area contributed by atoms with Gasteiger partial charge < -0.3 is 15.6 Å². The molecule has 2 unspecified atom stereocenters. The van der Waals surface area contributed by atoms with Crippen LogP contribution >= 0.6 is 0 Å². The summed E-state index contributed by atoms with van der Waals surface area (Å²) in [6.07, 6.45) is 4.24. The molecule has 100 valence electrons. The lowest BCUT2D eigenvalue weighted by molar-refractivity contribution is -0.145. The van der Waals surface area contributed by atoms with Gasteiger partial charge in [0.1, 0.15) is 5.54 Å². The van der Waals surface area contributed by atoms with Gasteiger partial charge in [-0.2, -0.15) is 0 Å². The first kappa shape index (κ1) is 14.5. The Morgan fingerprint density at radius 3 is 2.82 bits per heavy atom. The van der Waals surface area contributed by atoms with Gasteiger partial charge in [-0.05, 0) is 37.5 Å². The molecule has 0 aromatic heterocycles. The molecule has 0 aromatic carbocycles. The monoisotopic (exact) mass is 243 g/mol. The number of nitrogens with two attached hydrogens (primary N) is 1. The maximum Gasteiger partial charge on any atom is 0.323 e. The first-order chi connectivity index (χ1) is 7.97. The summed E-state index contributed by atoms with van der Waals surface area (Å²) in [4.78, 5) is 11.1. The molecule has 4 nitrogen and oxygen atoms in total. The lowest BCUT2D eigenvalue weighted by atomic mass is 9.86. The van der Waals surface area contributed by atoms with E-state index in [9.17, 15) is 4.79 Å². The average Bonchev–Trinajstić information content (AvgIpc) is 2.61. The third-order valence-corrected chi connectivity index (χ3v) is 3.72. The molecule has 4 heteroatoms. The van der Waals surface area contributed by atoms with Crippen molar-refractivity contribution in [3.8, 4) is 0 Å². The molecule has 17 heavy (non-hydrogen) atoms. The Hall–Kier alpha value is -0.610. The fraction of sp³-hybridized carbons (Fsp3) is 0.923. The summed E-state index contributed by atoms with van der Waals surface area (Å²) in [5.41, 5.74) is 4.94. The molecule has 1 fully saturated rings. The van der Waals surface area contributed by atoms with Crippen molar-refractivity contribution in [2.45, 2.75) is 51.5 Å². The largest absolute Gasteiger partial charge is 0.480 e. The topological polar surface area (TPSA) is 72.5 Å². The summed E-state index contributed by atoms with van der Waals surface area (Å²) in [6.45, 7) is 5.71. The van der Waals surface area contributed by atoms with Crippen LogP contribution in [-0.4, -0.2) is 29.8 Å². The molecule has 0 saturated heterocycles. The molecule has 0 bridgehead atoms. The number of rotatable bonds is 7. The molecule has 1 aliphatic rings. The van der Waals surface area contributed by atoms with Gasteiger partial charge in [0, 0.05) is 13.2 Å². The Balaban J connectivity index is 2.25. The predicted octanol–water partition coefficient (Wildman–Crippen LogP) is 2.02. The van der Waals surface area contributed by atoms with Gasteiger partial charge in [-0.1, -0.05) is 20.3 Å². The normalized spacial score (nSPS) is 28.8. The third-order valence-electron chi connectivity index (χ3n) is 3.72. The minimum absolute atomic E-state index is 0.0686. The summed E-state index contributed by atoms with van der Waals surface area (Å²) in [7, 11) is 0. The average molecular weight is 243 g/mol. The first-order valence-corrected chi connectivity index (χ1v) is 6.57. The molecule has 1 saturated carbocycles. The van der Waals surface area contributed by atoms with E-state index in [1.807, 2.05) is 0 Å². The summed E-state index contributed by atoms with van der Waals surface area (Å²) < 4.78 is 5.53. The molecule has 0 amide bonds. The molecule has 0 radical (unpaired) electrons. The molecular formula is C13H25NO3. The first-order valence-electron chi connectivity index (χ1n) is 6.57. The van der Waals surface area contributed by atoms with Crippen LogP contribution in [0.2, 0.25) is 0 Å². The van der Waals surface area contributed by atoms with Gasteiger partial charge in [0.05, 0.1) is 0 Å². The quantitative estimate of drug-likeness (QED) is 0.671. The number of aliphatic carboxylic acids is 1. The van der Waals surface area contributed by atoms with Crippen LogP contribution in [0.3, 0.4) is 0 Å². The zero-order valence-electron chi connectivity index (χ0n) is 10.9. The van der Waals surface area contributed by atoms with Gasteiger partial charge in [-0.3, -0.25) is 4.79 Å². The van der Waals surface area contributed by atoms with Crippen LogP contribution in [0, 0.1) is 11.8 Å². The summed E-state index contributed by atoms with van der Waals surface area (Å²) in [5, 5.41) is 9.15. The minimum atomic E-state index is -1.01. The molecule has 0 heterocycles. The van der Waals surface area contributed by atoms with Gasteiger partial charge in [0.25, 0.3) is 0 Å². The van der Waals surface area contributed by atoms with Gasteiger partial charge in [0.2, 0.25) is 0 Å². The number of hydrogen-bond donors (Lipinski definition) is 2. The van der Waals surface area contributed by atoms with Gasteiger partial charge in [-0.25, -0.2) is 0 Å². The molecule has 1 rings (SSSR count). The Morgan fingerprint density at radius 1 is 1.53 bits per heavy atom. The fourth-order valence-corrected chi connectivity index (χ4v) is 2.43. The maximum atomic E-state index is 11.1. The van der Waals surface area contributed by atoms with E-state index in [0.29, 0.717) is 18.9 Å². The zero-order chi connectivity index (χ0) is 12.9. The van der Waals surface area contributed by atoms with Crippen LogP contribution in [0.15, 0.2) is 0 Å². The molecule has 1 aliphatic carbocycles. The summed E-state index contributed by atoms with van der Waals surface area (Å²) >= 11 is 0. The Bertz CT molecular complexity index is 255. The SMILES string of the molecule is CC(C)CCOCCC1CCCC1(N)C(=O)O. The van der Waals surface area contributed by atoms with Crippen molar-refractivity contribution in [1.82, 2.24) is 0 Å². The Morgan fingerprint density at radius 2 is 2.24 bits per heavy atom. The van der Waals surface area contributed by atoms with E-state index in [0.717, 1.165) is 32.3 Å². The Kier molecular flexibility index (Phi) is 5.40. The number of ether oxygens (including phenoxy) is 1. The summed E-state index contributed by atoms with van der Waals surface area (Å²) in [5.74, 6) is -0.143. The van der Waals surface area contributed by atoms with E-state index in [1.54, 1.807) is 0 Å². The molecule has 0 aromatic rings. The van der Waals surface area contributed by atoms with Crippen molar-refractivity contribution in [1.29, 1.82) is 0 Å². The van der Waals surface area contributed by atoms with Crippen LogP contribution in [0.1, 0.15) is 46.0 Å². The van der Waals surface area contributed by atoms with E-state index in [2.05, 4.69) is 13.8 Å². The summed E-state index contributed by atoms with van der Waals surface area (Å²) in [6, 6.07) is 0. The second kappa shape index (κ2) is 6.36. The second-order valence-corrected chi connectivity index (χ2v) is 5.52. The number of carboxylic acid groups (broad SMARTS) is 1. The van der Waals surface area contributed by atoms with Gasteiger partial charge >= 0.3 is 5.97 Å². The lowest BCUT2D eigenvalue weighted by Gasteiger charge is -2.26.